The third-order valence-corrected chi connectivity index (χ3v) is 3.81. The maximum absolute atomic E-state index is 13.3. The van der Waals surface area contributed by atoms with Crippen molar-refractivity contribution in [2.45, 2.75) is 39.4 Å². The molecule has 7 nitrogen and oxygen atoms in total. The van der Waals surface area contributed by atoms with E-state index in [1.165, 1.54) is 18.7 Å². The van der Waals surface area contributed by atoms with Gasteiger partial charge in [-0.2, -0.15) is 13.2 Å². The Morgan fingerprint density at radius 1 is 1.28 bits per heavy atom. The van der Waals surface area contributed by atoms with Gasteiger partial charge in [-0.15, -0.1) is 10.2 Å². The number of aromatic nitrogens is 5. The molecule has 0 atom stereocenters. The van der Waals surface area contributed by atoms with Gasteiger partial charge in [0.1, 0.15) is 6.54 Å². The molecule has 0 spiro atoms. The molecule has 0 amide bonds. The molecule has 0 N–H and O–H groups in total. The summed E-state index contributed by atoms with van der Waals surface area (Å²) < 4.78 is 47.8. The summed E-state index contributed by atoms with van der Waals surface area (Å²) in [5.41, 5.74) is -1.67. The van der Waals surface area contributed by atoms with Gasteiger partial charge in [-0.05, 0) is 13.0 Å². The molecule has 3 aromatic heterocycles. The topological polar surface area (TPSA) is 78.7 Å². The number of hydrogen-bond acceptors (Lipinski definition) is 5. The Labute approximate surface area is 140 Å². The molecule has 0 aliphatic carbocycles. The van der Waals surface area contributed by atoms with Gasteiger partial charge in [0.25, 0.3) is 5.56 Å². The number of fused-ring (bicyclic) bond motifs is 1. The third kappa shape index (κ3) is 2.92. The van der Waals surface area contributed by atoms with Gasteiger partial charge in [0.15, 0.2) is 5.65 Å². The number of hydrogen-bond donors (Lipinski definition) is 0. The second-order valence-corrected chi connectivity index (χ2v) is 6.08. The zero-order valence-corrected chi connectivity index (χ0v) is 14.0. The molecule has 25 heavy (non-hydrogen) atoms. The van der Waals surface area contributed by atoms with Crippen molar-refractivity contribution in [2.24, 2.45) is 7.05 Å². The number of rotatable bonds is 3. The van der Waals surface area contributed by atoms with E-state index in [0.717, 1.165) is 10.7 Å². The fourth-order valence-corrected chi connectivity index (χ4v) is 2.57. The molecule has 3 rings (SSSR count). The van der Waals surface area contributed by atoms with Crippen LogP contribution in [0.3, 0.4) is 0 Å². The van der Waals surface area contributed by atoms with Crippen LogP contribution in [0.5, 0.6) is 0 Å². The fourth-order valence-electron chi connectivity index (χ4n) is 2.57. The molecular weight excluding hydrogens is 339 g/mol. The van der Waals surface area contributed by atoms with Crippen molar-refractivity contribution in [1.29, 1.82) is 0 Å². The van der Waals surface area contributed by atoms with Gasteiger partial charge in [0, 0.05) is 18.7 Å². The van der Waals surface area contributed by atoms with Crippen LogP contribution >= 0.6 is 0 Å². The Morgan fingerprint density at radius 2 is 1.96 bits per heavy atom. The number of aryl methyl sites for hydroxylation is 2. The molecule has 0 saturated carbocycles. The Morgan fingerprint density at radius 3 is 2.52 bits per heavy atom. The Hall–Kier alpha value is -2.65. The standard InChI is InChI=1S/C15H16F3N5O2/c1-7(2)13-21-20-10(25-13)6-23-14(24)11-9(15(16,17)18)5-8(3)19-12(11)22(23)4/h5,7H,6H2,1-4H3. The highest BCUT2D eigenvalue weighted by Crippen LogP contribution is 2.33. The maximum Gasteiger partial charge on any atom is 0.417 e. The van der Waals surface area contributed by atoms with Gasteiger partial charge >= 0.3 is 6.18 Å². The number of alkyl halides is 3. The number of nitrogens with zero attached hydrogens (tertiary/aromatic N) is 5. The largest absolute Gasteiger partial charge is 0.423 e. The lowest BCUT2D eigenvalue weighted by Gasteiger charge is -2.08. The normalized spacial score (nSPS) is 12.5. The number of pyridine rings is 1. The quantitative estimate of drug-likeness (QED) is 0.722. The van der Waals surface area contributed by atoms with Crippen molar-refractivity contribution in [3.8, 4) is 0 Å². The van der Waals surface area contributed by atoms with Crippen molar-refractivity contribution < 1.29 is 17.6 Å². The van der Waals surface area contributed by atoms with Crippen molar-refractivity contribution >= 4 is 11.0 Å². The van der Waals surface area contributed by atoms with Crippen LogP contribution < -0.4 is 5.56 Å². The third-order valence-electron chi connectivity index (χ3n) is 3.81. The summed E-state index contributed by atoms with van der Waals surface area (Å²) in [4.78, 5) is 16.7. The van der Waals surface area contributed by atoms with Crippen LogP contribution in [0.2, 0.25) is 0 Å². The molecule has 0 radical (unpaired) electrons. The number of halogens is 3. The molecule has 0 aliphatic rings. The average Bonchev–Trinajstić information content (AvgIpc) is 3.06. The van der Waals surface area contributed by atoms with Crippen molar-refractivity contribution in [3.63, 3.8) is 0 Å². The van der Waals surface area contributed by atoms with E-state index in [9.17, 15) is 18.0 Å². The molecule has 3 heterocycles. The van der Waals surface area contributed by atoms with Crippen LogP contribution in [0.4, 0.5) is 13.2 Å². The summed E-state index contributed by atoms with van der Waals surface area (Å²) in [7, 11) is 1.47. The lowest BCUT2D eigenvalue weighted by molar-refractivity contribution is -0.136. The molecule has 0 bridgehead atoms. The van der Waals surface area contributed by atoms with E-state index < -0.39 is 22.7 Å². The first kappa shape index (κ1) is 17.2. The van der Waals surface area contributed by atoms with Crippen molar-refractivity contribution in [1.82, 2.24) is 24.5 Å². The van der Waals surface area contributed by atoms with Crippen LogP contribution in [0.25, 0.3) is 11.0 Å². The second kappa shape index (κ2) is 5.71. The highest BCUT2D eigenvalue weighted by Gasteiger charge is 2.36. The maximum atomic E-state index is 13.3. The molecule has 3 aromatic rings. The lowest BCUT2D eigenvalue weighted by atomic mass is 10.1. The molecule has 0 unspecified atom stereocenters. The molecule has 0 fully saturated rings. The highest BCUT2D eigenvalue weighted by atomic mass is 19.4. The summed E-state index contributed by atoms with van der Waals surface area (Å²) in [6, 6.07) is 0.873. The van der Waals surface area contributed by atoms with Crippen molar-refractivity contribution in [2.75, 3.05) is 0 Å². The van der Waals surface area contributed by atoms with Crippen molar-refractivity contribution in [3.05, 3.63) is 39.5 Å². The van der Waals surface area contributed by atoms with Gasteiger partial charge in [-0.1, -0.05) is 13.8 Å². The van der Waals surface area contributed by atoms with Gasteiger partial charge in [-0.25, -0.2) is 9.67 Å². The summed E-state index contributed by atoms with van der Waals surface area (Å²) in [6.45, 7) is 5.04. The van der Waals surface area contributed by atoms with Gasteiger partial charge in [0.05, 0.1) is 10.9 Å². The van der Waals surface area contributed by atoms with Crippen LogP contribution in [0, 0.1) is 6.92 Å². The smallest absolute Gasteiger partial charge is 0.417 e. The van der Waals surface area contributed by atoms with E-state index in [0.29, 0.717) is 5.89 Å². The average molecular weight is 355 g/mol. The Bertz CT molecular complexity index is 997. The minimum absolute atomic E-state index is 0.00612. The molecule has 0 saturated heterocycles. The van der Waals surface area contributed by atoms with Gasteiger partial charge in [0.2, 0.25) is 11.8 Å². The predicted molar refractivity (Wildman–Crippen MR) is 82.2 cm³/mol. The van der Waals surface area contributed by atoms with E-state index in [1.54, 1.807) is 0 Å². The van der Waals surface area contributed by atoms with Crippen LogP contribution in [0.15, 0.2) is 15.3 Å². The fraction of sp³-hybridized carbons (Fsp3) is 0.467. The molecule has 0 aliphatic heterocycles. The minimum atomic E-state index is -4.65. The molecule has 0 aromatic carbocycles. The van der Waals surface area contributed by atoms with E-state index in [1.807, 2.05) is 13.8 Å². The summed E-state index contributed by atoms with van der Waals surface area (Å²) in [6.07, 6.45) is -4.65. The monoisotopic (exact) mass is 355 g/mol. The summed E-state index contributed by atoms with van der Waals surface area (Å²) >= 11 is 0. The molecular formula is C15H16F3N5O2. The lowest BCUT2D eigenvalue weighted by Crippen LogP contribution is -2.23. The van der Waals surface area contributed by atoms with Crippen LogP contribution in [-0.4, -0.2) is 24.5 Å². The van der Waals surface area contributed by atoms with Gasteiger partial charge in [-0.3, -0.25) is 9.48 Å². The second-order valence-electron chi connectivity index (χ2n) is 6.08. The first-order valence-electron chi connectivity index (χ1n) is 7.56. The zero-order valence-electron chi connectivity index (χ0n) is 14.0. The molecule has 10 heteroatoms. The summed E-state index contributed by atoms with van der Waals surface area (Å²) in [5, 5.41) is 7.23. The zero-order chi connectivity index (χ0) is 18.5. The predicted octanol–water partition coefficient (Wildman–Crippen LogP) is 2.62. The van der Waals surface area contributed by atoms with Crippen LogP contribution in [0.1, 0.15) is 42.8 Å². The first-order chi connectivity index (χ1) is 11.6. The van der Waals surface area contributed by atoms with E-state index >= 15 is 0 Å². The first-order valence-corrected chi connectivity index (χ1v) is 7.56. The molecule has 134 valence electrons. The SMILES string of the molecule is Cc1cc(C(F)(F)F)c2c(=O)n(Cc3nnc(C(C)C)o3)n(C)c2n1. The highest BCUT2D eigenvalue weighted by molar-refractivity contribution is 5.79. The Balaban J connectivity index is 2.18. The van der Waals surface area contributed by atoms with E-state index in [2.05, 4.69) is 15.2 Å². The Kier molecular flexibility index (Phi) is 3.92. The van der Waals surface area contributed by atoms with Crippen LogP contribution in [-0.2, 0) is 19.8 Å². The summed E-state index contributed by atoms with van der Waals surface area (Å²) in [5.74, 6) is 0.542. The van der Waals surface area contributed by atoms with Gasteiger partial charge < -0.3 is 4.42 Å². The minimum Gasteiger partial charge on any atom is -0.423 e. The van der Waals surface area contributed by atoms with E-state index in [-0.39, 0.29) is 29.7 Å². The van der Waals surface area contributed by atoms with E-state index in [4.69, 9.17) is 4.42 Å².